The minimum atomic E-state index is -0.824. The van der Waals surface area contributed by atoms with Gasteiger partial charge >= 0.3 is 0 Å². The molecule has 2 N–H and O–H groups in total. The summed E-state index contributed by atoms with van der Waals surface area (Å²) in [6, 6.07) is 6.54. The molecule has 0 fully saturated rings. The van der Waals surface area contributed by atoms with Crippen LogP contribution in [0.5, 0.6) is 0 Å². The molecule has 1 aromatic carbocycles. The van der Waals surface area contributed by atoms with Crippen LogP contribution in [0.25, 0.3) is 0 Å². The van der Waals surface area contributed by atoms with Gasteiger partial charge in [0.15, 0.2) is 5.78 Å². The van der Waals surface area contributed by atoms with Gasteiger partial charge in [0.25, 0.3) is 0 Å². The van der Waals surface area contributed by atoms with E-state index < -0.39 is 11.7 Å². The third-order valence-corrected chi connectivity index (χ3v) is 4.84. The summed E-state index contributed by atoms with van der Waals surface area (Å²) in [6.45, 7) is 3.93. The molecular weight excluding hydrogens is 375 g/mol. The highest BCUT2D eigenvalue weighted by Crippen LogP contribution is 2.48. The van der Waals surface area contributed by atoms with Crippen LogP contribution in [0.4, 0.5) is 4.39 Å². The molecule has 0 amide bonds. The van der Waals surface area contributed by atoms with Crippen molar-refractivity contribution in [3.8, 4) is 6.07 Å². The lowest BCUT2D eigenvalue weighted by Crippen LogP contribution is -2.33. The average Bonchev–Trinajstić information content (AvgIpc) is 2.44. The van der Waals surface area contributed by atoms with Crippen LogP contribution in [-0.4, -0.2) is 5.78 Å². The first kappa shape index (κ1) is 16.7. The number of halogens is 2. The summed E-state index contributed by atoms with van der Waals surface area (Å²) >= 11 is 3.21. The average molecular weight is 391 g/mol. The van der Waals surface area contributed by atoms with Crippen molar-refractivity contribution in [1.82, 2.24) is 0 Å². The Kier molecular flexibility index (Phi) is 4.00. The Labute approximate surface area is 147 Å². The second kappa shape index (κ2) is 5.75. The summed E-state index contributed by atoms with van der Waals surface area (Å²) in [5.74, 6) is -1.07. The second-order valence-corrected chi connectivity index (χ2v) is 7.78. The Morgan fingerprint density at radius 3 is 2.75 bits per heavy atom. The van der Waals surface area contributed by atoms with E-state index in [4.69, 9.17) is 10.5 Å². The Morgan fingerprint density at radius 2 is 2.12 bits per heavy atom. The number of carbonyl (C=O) groups is 1. The first-order chi connectivity index (χ1) is 11.2. The predicted molar refractivity (Wildman–Crippen MR) is 89.8 cm³/mol. The highest BCUT2D eigenvalue weighted by Gasteiger charge is 2.43. The van der Waals surface area contributed by atoms with Crippen molar-refractivity contribution in [2.24, 2.45) is 11.1 Å². The fraction of sp³-hybridized carbons (Fsp3) is 0.333. The van der Waals surface area contributed by atoms with E-state index in [9.17, 15) is 14.4 Å². The first-order valence-corrected chi connectivity index (χ1v) is 8.31. The van der Waals surface area contributed by atoms with Gasteiger partial charge in [-0.15, -0.1) is 0 Å². The van der Waals surface area contributed by atoms with Gasteiger partial charge in [0, 0.05) is 28.5 Å². The third-order valence-electron chi connectivity index (χ3n) is 4.35. The quantitative estimate of drug-likeness (QED) is 0.784. The maximum Gasteiger partial charge on any atom is 0.205 e. The van der Waals surface area contributed by atoms with Crippen molar-refractivity contribution < 1.29 is 13.9 Å². The standard InChI is InChI=1S/C18H16BrFN2O2/c1-18(2)6-13(23)16-14(7-18)24-17(22)11(8-21)15(16)10-4-3-9(19)5-12(10)20/h3-5,15H,6-7,22H2,1-2H3. The molecule has 0 radical (unpaired) electrons. The van der Waals surface area contributed by atoms with E-state index in [1.165, 1.54) is 6.07 Å². The van der Waals surface area contributed by atoms with Crippen LogP contribution in [0, 0.1) is 22.6 Å². The zero-order chi connectivity index (χ0) is 17.6. The van der Waals surface area contributed by atoms with E-state index in [1.54, 1.807) is 12.1 Å². The molecule has 124 valence electrons. The van der Waals surface area contributed by atoms with E-state index in [0.717, 1.165) is 0 Å². The number of nitriles is 1. The van der Waals surface area contributed by atoms with E-state index >= 15 is 0 Å². The van der Waals surface area contributed by atoms with Crippen molar-refractivity contribution in [3.05, 3.63) is 56.8 Å². The number of hydrogen-bond donors (Lipinski definition) is 1. The molecule has 0 bridgehead atoms. The van der Waals surface area contributed by atoms with E-state index in [0.29, 0.717) is 28.6 Å². The molecule has 0 saturated heterocycles. The normalized spacial score (nSPS) is 22.8. The summed E-state index contributed by atoms with van der Waals surface area (Å²) in [4.78, 5) is 12.7. The highest BCUT2D eigenvalue weighted by molar-refractivity contribution is 9.10. The Hall–Kier alpha value is -2.13. The molecule has 1 aromatic rings. The van der Waals surface area contributed by atoms with Crippen molar-refractivity contribution in [3.63, 3.8) is 0 Å². The van der Waals surface area contributed by atoms with Crippen molar-refractivity contribution in [2.75, 3.05) is 0 Å². The zero-order valence-corrected chi connectivity index (χ0v) is 14.9. The lowest BCUT2D eigenvalue weighted by molar-refractivity contribution is -0.119. The number of ether oxygens (including phenoxy) is 1. The molecule has 0 aromatic heterocycles. The molecule has 0 saturated carbocycles. The van der Waals surface area contributed by atoms with Crippen molar-refractivity contribution in [2.45, 2.75) is 32.6 Å². The third kappa shape index (κ3) is 2.73. The zero-order valence-electron chi connectivity index (χ0n) is 13.3. The largest absolute Gasteiger partial charge is 0.444 e. The van der Waals surface area contributed by atoms with Crippen LogP contribution in [0.15, 0.2) is 45.5 Å². The number of allylic oxidation sites excluding steroid dienone is 3. The fourth-order valence-corrected chi connectivity index (χ4v) is 3.66. The smallest absolute Gasteiger partial charge is 0.205 e. The van der Waals surface area contributed by atoms with Gasteiger partial charge in [-0.05, 0) is 17.5 Å². The number of Topliss-reactive ketones (excluding diaryl/α,β-unsaturated/α-hetero) is 1. The fourth-order valence-electron chi connectivity index (χ4n) is 3.33. The number of ketones is 1. The maximum absolute atomic E-state index is 14.5. The molecule has 1 aliphatic heterocycles. The maximum atomic E-state index is 14.5. The molecule has 1 heterocycles. The molecule has 1 atom stereocenters. The molecule has 1 aliphatic carbocycles. The van der Waals surface area contributed by atoms with Gasteiger partial charge in [-0.2, -0.15) is 5.26 Å². The minimum Gasteiger partial charge on any atom is -0.444 e. The Morgan fingerprint density at radius 1 is 1.42 bits per heavy atom. The number of nitrogens with two attached hydrogens (primary N) is 1. The topological polar surface area (TPSA) is 76.1 Å². The predicted octanol–water partition coefficient (Wildman–Crippen LogP) is 4.04. The molecule has 2 aliphatic rings. The van der Waals surface area contributed by atoms with Gasteiger partial charge in [-0.1, -0.05) is 35.8 Å². The van der Waals surface area contributed by atoms with Crippen LogP contribution in [0.2, 0.25) is 0 Å². The highest BCUT2D eigenvalue weighted by atomic mass is 79.9. The van der Waals surface area contributed by atoms with Crippen LogP contribution in [0.1, 0.15) is 38.2 Å². The van der Waals surface area contributed by atoms with E-state index in [2.05, 4.69) is 15.9 Å². The molecule has 3 rings (SSSR count). The summed E-state index contributed by atoms with van der Waals surface area (Å²) in [6.07, 6.45) is 0.838. The molecule has 24 heavy (non-hydrogen) atoms. The first-order valence-electron chi connectivity index (χ1n) is 7.52. The van der Waals surface area contributed by atoms with Gasteiger partial charge < -0.3 is 10.5 Å². The number of hydrogen-bond acceptors (Lipinski definition) is 4. The molecule has 1 unspecified atom stereocenters. The van der Waals surface area contributed by atoms with Gasteiger partial charge in [0.05, 0.1) is 5.92 Å². The summed E-state index contributed by atoms with van der Waals surface area (Å²) in [7, 11) is 0. The van der Waals surface area contributed by atoms with Gasteiger partial charge in [0.2, 0.25) is 5.88 Å². The molecular formula is C18H16BrFN2O2. The summed E-state index contributed by atoms with van der Waals surface area (Å²) < 4.78 is 20.7. The van der Waals surface area contributed by atoms with E-state index in [-0.39, 0.29) is 28.2 Å². The van der Waals surface area contributed by atoms with Gasteiger partial charge in [0.1, 0.15) is 23.2 Å². The van der Waals surface area contributed by atoms with Crippen LogP contribution < -0.4 is 5.73 Å². The lowest BCUT2D eigenvalue weighted by atomic mass is 9.70. The van der Waals surface area contributed by atoms with Crippen LogP contribution in [-0.2, 0) is 9.53 Å². The number of benzene rings is 1. The second-order valence-electron chi connectivity index (χ2n) is 6.87. The Bertz CT molecular complexity index is 849. The molecule has 0 spiro atoms. The summed E-state index contributed by atoms with van der Waals surface area (Å²) in [5, 5.41) is 9.48. The van der Waals surface area contributed by atoms with Gasteiger partial charge in [-0.25, -0.2) is 4.39 Å². The number of nitrogens with zero attached hydrogens (tertiary/aromatic N) is 1. The monoisotopic (exact) mass is 390 g/mol. The number of carbonyl (C=O) groups excluding carboxylic acids is 1. The number of rotatable bonds is 1. The van der Waals surface area contributed by atoms with Crippen molar-refractivity contribution in [1.29, 1.82) is 5.26 Å². The van der Waals surface area contributed by atoms with E-state index in [1.807, 2.05) is 19.9 Å². The van der Waals surface area contributed by atoms with Crippen LogP contribution in [0.3, 0.4) is 0 Å². The lowest BCUT2D eigenvalue weighted by Gasteiger charge is -2.37. The van der Waals surface area contributed by atoms with Gasteiger partial charge in [-0.3, -0.25) is 4.79 Å². The Balaban J connectivity index is 2.22. The summed E-state index contributed by atoms with van der Waals surface area (Å²) in [5.41, 5.74) is 6.31. The molecule has 6 heteroatoms. The van der Waals surface area contributed by atoms with Crippen LogP contribution >= 0.6 is 15.9 Å². The van der Waals surface area contributed by atoms with Crippen molar-refractivity contribution >= 4 is 21.7 Å². The SMILES string of the molecule is CC1(C)CC(=O)C2=C(C1)OC(N)=C(C#N)C2c1ccc(Br)cc1F. The molecule has 4 nitrogen and oxygen atoms in total. The minimum absolute atomic E-state index is 0.0610.